The molecule has 9 aromatic rings. The topological polar surface area (TPSA) is 33.4 Å². The molecule has 0 aliphatic rings. The van der Waals surface area contributed by atoms with Gasteiger partial charge in [-0.2, -0.15) is 0 Å². The molecule has 0 spiro atoms. The highest BCUT2D eigenvalue weighted by atomic mass is 15.1. The normalized spacial score (nSPS) is 11.6. The van der Waals surface area contributed by atoms with Crippen LogP contribution in [0.4, 0.5) is 17.1 Å². The quantitative estimate of drug-likeness (QED) is 0.209. The van der Waals surface area contributed by atoms with Crippen molar-refractivity contribution in [3.05, 3.63) is 158 Å². The molecule has 0 atom stereocenters. The number of hydrogen-bond acceptors (Lipinski definition) is 3. The summed E-state index contributed by atoms with van der Waals surface area (Å²) in [5.41, 5.74) is 11.0. The standard InChI is InChI=1S/C40H26N4/c1-2-19-38-32(14-1)33-15-9-16-34-35-26-31(20-21-39(35)44(38)40(33)34)43(29-12-7-10-27(24-29)36-17-3-5-22-41-36)30-13-8-11-28(25-30)37-18-4-6-23-42-37/h1-26H. The van der Waals surface area contributed by atoms with Gasteiger partial charge in [-0.25, -0.2) is 0 Å². The Hall–Kier alpha value is -6.00. The van der Waals surface area contributed by atoms with Gasteiger partial charge in [0.15, 0.2) is 0 Å². The number of fused-ring (bicyclic) bond motifs is 6. The molecule has 44 heavy (non-hydrogen) atoms. The molecule has 0 N–H and O–H groups in total. The van der Waals surface area contributed by atoms with Crippen molar-refractivity contribution in [3.63, 3.8) is 0 Å². The number of hydrogen-bond donors (Lipinski definition) is 0. The third-order valence-electron chi connectivity index (χ3n) is 8.59. The molecule has 206 valence electrons. The van der Waals surface area contributed by atoms with Crippen LogP contribution in [-0.4, -0.2) is 14.4 Å². The zero-order valence-electron chi connectivity index (χ0n) is 23.8. The molecular formula is C40H26N4. The summed E-state index contributed by atoms with van der Waals surface area (Å²) in [6.07, 6.45) is 3.69. The first-order chi connectivity index (χ1) is 21.8. The van der Waals surface area contributed by atoms with Crippen LogP contribution in [0.15, 0.2) is 158 Å². The van der Waals surface area contributed by atoms with Crippen LogP contribution in [0, 0.1) is 0 Å². The van der Waals surface area contributed by atoms with Gasteiger partial charge in [-0.1, -0.05) is 72.8 Å². The van der Waals surface area contributed by atoms with Gasteiger partial charge < -0.3 is 9.30 Å². The molecule has 4 aromatic heterocycles. The van der Waals surface area contributed by atoms with Crippen molar-refractivity contribution >= 4 is 55.2 Å². The number of rotatable bonds is 5. The molecule has 0 aliphatic carbocycles. The Morgan fingerprint density at radius 3 is 1.61 bits per heavy atom. The van der Waals surface area contributed by atoms with Crippen LogP contribution in [0.2, 0.25) is 0 Å². The molecular weight excluding hydrogens is 536 g/mol. The van der Waals surface area contributed by atoms with Gasteiger partial charge in [0.25, 0.3) is 0 Å². The molecule has 0 fully saturated rings. The summed E-state index contributed by atoms with van der Waals surface area (Å²) in [6, 6.07) is 51.6. The van der Waals surface area contributed by atoms with Gasteiger partial charge in [-0.15, -0.1) is 0 Å². The maximum Gasteiger partial charge on any atom is 0.0702 e. The first kappa shape index (κ1) is 24.6. The number of para-hydroxylation sites is 2. The fourth-order valence-electron chi connectivity index (χ4n) is 6.68. The number of benzene rings is 5. The minimum atomic E-state index is 0.948. The fourth-order valence-corrected chi connectivity index (χ4v) is 6.68. The van der Waals surface area contributed by atoms with Crippen molar-refractivity contribution in [3.8, 4) is 22.5 Å². The number of aromatic nitrogens is 3. The van der Waals surface area contributed by atoms with Gasteiger partial charge in [-0.3, -0.25) is 9.97 Å². The van der Waals surface area contributed by atoms with Crippen LogP contribution in [0.1, 0.15) is 0 Å². The molecule has 0 bridgehead atoms. The predicted octanol–water partition coefficient (Wildman–Crippen LogP) is 10.4. The Balaban J connectivity index is 1.29. The summed E-state index contributed by atoms with van der Waals surface area (Å²) < 4.78 is 2.42. The van der Waals surface area contributed by atoms with E-state index in [4.69, 9.17) is 0 Å². The lowest BCUT2D eigenvalue weighted by atomic mass is 10.0. The van der Waals surface area contributed by atoms with E-state index in [1.165, 1.54) is 38.1 Å². The largest absolute Gasteiger partial charge is 0.310 e. The number of nitrogens with zero attached hydrogens (tertiary/aromatic N) is 4. The number of pyridine rings is 2. The van der Waals surface area contributed by atoms with Gasteiger partial charge >= 0.3 is 0 Å². The Labute approximate surface area is 254 Å². The maximum atomic E-state index is 4.63. The highest BCUT2D eigenvalue weighted by Gasteiger charge is 2.20. The van der Waals surface area contributed by atoms with Crippen molar-refractivity contribution in [2.24, 2.45) is 0 Å². The van der Waals surface area contributed by atoms with Crippen molar-refractivity contribution in [1.29, 1.82) is 0 Å². The first-order valence-corrected chi connectivity index (χ1v) is 14.8. The summed E-state index contributed by atoms with van der Waals surface area (Å²) in [5, 5.41) is 5.08. The fraction of sp³-hybridized carbons (Fsp3) is 0. The first-order valence-electron chi connectivity index (χ1n) is 14.8. The van der Waals surface area contributed by atoms with Crippen molar-refractivity contribution in [2.75, 3.05) is 4.90 Å². The lowest BCUT2D eigenvalue weighted by molar-refractivity contribution is 1.27. The van der Waals surface area contributed by atoms with Crippen LogP contribution in [0.25, 0.3) is 60.6 Å². The lowest BCUT2D eigenvalue weighted by Crippen LogP contribution is -2.10. The Bertz CT molecular complexity index is 2360. The molecule has 9 rings (SSSR count). The monoisotopic (exact) mass is 562 g/mol. The smallest absolute Gasteiger partial charge is 0.0702 e. The van der Waals surface area contributed by atoms with Gasteiger partial charge in [-0.05, 0) is 72.8 Å². The predicted molar refractivity (Wildman–Crippen MR) is 182 cm³/mol. The average molecular weight is 563 g/mol. The third-order valence-corrected chi connectivity index (χ3v) is 8.59. The molecule has 0 unspecified atom stereocenters. The van der Waals surface area contributed by atoms with E-state index < -0.39 is 0 Å². The second-order valence-corrected chi connectivity index (χ2v) is 11.1. The van der Waals surface area contributed by atoms with Crippen LogP contribution in [0.5, 0.6) is 0 Å². The van der Waals surface area contributed by atoms with Crippen LogP contribution in [0.3, 0.4) is 0 Å². The molecule has 4 heterocycles. The zero-order valence-corrected chi connectivity index (χ0v) is 23.8. The number of anilines is 3. The molecule has 0 saturated carbocycles. The molecule has 0 radical (unpaired) electrons. The van der Waals surface area contributed by atoms with E-state index in [1.54, 1.807) is 0 Å². The third kappa shape index (κ3) is 3.78. The minimum absolute atomic E-state index is 0.948. The highest BCUT2D eigenvalue weighted by molar-refractivity contribution is 6.23. The summed E-state index contributed by atoms with van der Waals surface area (Å²) in [7, 11) is 0. The van der Waals surface area contributed by atoms with E-state index in [2.05, 4.69) is 141 Å². The second kappa shape index (κ2) is 9.79. The van der Waals surface area contributed by atoms with Crippen molar-refractivity contribution < 1.29 is 0 Å². The summed E-state index contributed by atoms with van der Waals surface area (Å²) in [4.78, 5) is 11.6. The van der Waals surface area contributed by atoms with Crippen LogP contribution < -0.4 is 4.90 Å². The van der Waals surface area contributed by atoms with Gasteiger partial charge in [0, 0.05) is 62.1 Å². The Morgan fingerprint density at radius 2 is 0.955 bits per heavy atom. The van der Waals surface area contributed by atoms with Gasteiger partial charge in [0.2, 0.25) is 0 Å². The highest BCUT2D eigenvalue weighted by Crippen LogP contribution is 2.43. The van der Waals surface area contributed by atoms with E-state index in [0.29, 0.717) is 0 Å². The van der Waals surface area contributed by atoms with Crippen LogP contribution in [-0.2, 0) is 0 Å². The Morgan fingerprint density at radius 1 is 0.409 bits per heavy atom. The molecule has 0 saturated heterocycles. The lowest BCUT2D eigenvalue weighted by Gasteiger charge is -2.26. The van der Waals surface area contributed by atoms with Crippen molar-refractivity contribution in [1.82, 2.24) is 14.4 Å². The van der Waals surface area contributed by atoms with Crippen LogP contribution >= 0.6 is 0 Å². The van der Waals surface area contributed by atoms with E-state index >= 15 is 0 Å². The summed E-state index contributed by atoms with van der Waals surface area (Å²) in [6.45, 7) is 0. The average Bonchev–Trinajstić information content (AvgIpc) is 3.62. The molecule has 4 nitrogen and oxygen atoms in total. The van der Waals surface area contributed by atoms with E-state index in [-0.39, 0.29) is 0 Å². The molecule has 0 aliphatic heterocycles. The minimum Gasteiger partial charge on any atom is -0.310 e. The van der Waals surface area contributed by atoms with Gasteiger partial charge in [0.05, 0.1) is 27.9 Å². The van der Waals surface area contributed by atoms with Gasteiger partial charge in [0.1, 0.15) is 0 Å². The molecule has 4 heteroatoms. The maximum absolute atomic E-state index is 4.63. The molecule has 5 aromatic carbocycles. The van der Waals surface area contributed by atoms with E-state index in [1.807, 2.05) is 36.7 Å². The van der Waals surface area contributed by atoms with E-state index in [0.717, 1.165) is 39.6 Å². The summed E-state index contributed by atoms with van der Waals surface area (Å²) >= 11 is 0. The van der Waals surface area contributed by atoms with Crippen molar-refractivity contribution in [2.45, 2.75) is 0 Å². The SMILES string of the molecule is c1ccc(-c2cccc(N(c3cccc(-c4ccccn4)c3)c3ccc4c(c3)c3cccc5c6ccccc6n4c53)c2)nc1. The summed E-state index contributed by atoms with van der Waals surface area (Å²) in [5.74, 6) is 0. The zero-order chi connectivity index (χ0) is 29.0. The second-order valence-electron chi connectivity index (χ2n) is 11.1. The van der Waals surface area contributed by atoms with E-state index in [9.17, 15) is 0 Å². The Kier molecular flexibility index (Phi) is 5.47. The molecule has 0 amide bonds.